The van der Waals surface area contributed by atoms with E-state index in [4.69, 9.17) is 0 Å². The third kappa shape index (κ3) is 6.39. The van der Waals surface area contributed by atoms with Crippen LogP contribution in [-0.4, -0.2) is 48.6 Å². The third-order valence-corrected chi connectivity index (χ3v) is 3.76. The van der Waals surface area contributed by atoms with Gasteiger partial charge >= 0.3 is 0 Å². The van der Waals surface area contributed by atoms with Gasteiger partial charge in [-0.3, -0.25) is 9.69 Å². The molecule has 1 atom stereocenters. The van der Waals surface area contributed by atoms with Crippen LogP contribution in [0.5, 0.6) is 0 Å². The predicted molar refractivity (Wildman–Crippen MR) is 80.3 cm³/mol. The molecule has 1 amide bonds. The maximum absolute atomic E-state index is 11.7. The Morgan fingerprint density at radius 3 is 2.74 bits per heavy atom. The summed E-state index contributed by atoms with van der Waals surface area (Å²) < 4.78 is 0. The Balaban J connectivity index is 2.23. The first-order chi connectivity index (χ1) is 8.93. The largest absolute Gasteiger partial charge is 0.354 e. The van der Waals surface area contributed by atoms with E-state index in [9.17, 15) is 4.79 Å². The standard InChI is InChI=1S/C15H31N3O/c1-5-6-7-8-14(19)17-11-13-12-18(10-9-16-13)15(2,3)4/h13,16H,5-12H2,1-4H3,(H,17,19). The minimum absolute atomic E-state index is 0.197. The number of rotatable bonds is 6. The third-order valence-electron chi connectivity index (χ3n) is 3.76. The Labute approximate surface area is 118 Å². The van der Waals surface area contributed by atoms with Gasteiger partial charge in [0.25, 0.3) is 0 Å². The SMILES string of the molecule is CCCCCC(=O)NCC1CN(C(C)(C)C)CCN1. The number of nitrogens with one attached hydrogen (secondary N) is 2. The number of amides is 1. The molecule has 0 aromatic rings. The second-order valence-electron chi connectivity index (χ2n) is 6.53. The van der Waals surface area contributed by atoms with Gasteiger partial charge in [-0.2, -0.15) is 0 Å². The molecular formula is C15H31N3O. The number of unbranched alkanes of at least 4 members (excludes halogenated alkanes) is 2. The van der Waals surface area contributed by atoms with Crippen LogP contribution >= 0.6 is 0 Å². The molecule has 0 aliphatic carbocycles. The average molecular weight is 269 g/mol. The summed E-state index contributed by atoms with van der Waals surface area (Å²) in [6, 6.07) is 0.378. The molecule has 1 unspecified atom stereocenters. The van der Waals surface area contributed by atoms with Crippen molar-refractivity contribution >= 4 is 5.91 Å². The molecule has 1 fully saturated rings. The van der Waals surface area contributed by atoms with E-state index in [0.29, 0.717) is 12.5 Å². The van der Waals surface area contributed by atoms with Crippen molar-refractivity contribution in [1.29, 1.82) is 0 Å². The highest BCUT2D eigenvalue weighted by atomic mass is 16.1. The first-order valence-corrected chi connectivity index (χ1v) is 7.68. The van der Waals surface area contributed by atoms with Gasteiger partial charge in [0.05, 0.1) is 0 Å². The first kappa shape index (κ1) is 16.4. The van der Waals surface area contributed by atoms with E-state index < -0.39 is 0 Å². The van der Waals surface area contributed by atoms with E-state index in [0.717, 1.165) is 45.4 Å². The zero-order valence-electron chi connectivity index (χ0n) is 13.1. The topological polar surface area (TPSA) is 44.4 Å². The Hall–Kier alpha value is -0.610. The minimum Gasteiger partial charge on any atom is -0.354 e. The lowest BCUT2D eigenvalue weighted by molar-refractivity contribution is -0.121. The molecule has 0 aromatic carbocycles. The molecule has 1 heterocycles. The molecule has 0 aromatic heterocycles. The predicted octanol–water partition coefficient (Wildman–Crippen LogP) is 1.76. The van der Waals surface area contributed by atoms with Crippen LogP contribution in [-0.2, 0) is 4.79 Å². The van der Waals surface area contributed by atoms with Crippen molar-refractivity contribution in [3.63, 3.8) is 0 Å². The van der Waals surface area contributed by atoms with Crippen molar-refractivity contribution in [2.45, 2.75) is 65.0 Å². The zero-order valence-corrected chi connectivity index (χ0v) is 13.1. The van der Waals surface area contributed by atoms with Crippen LogP contribution in [0.4, 0.5) is 0 Å². The minimum atomic E-state index is 0.197. The number of hydrogen-bond acceptors (Lipinski definition) is 3. The Morgan fingerprint density at radius 2 is 2.11 bits per heavy atom. The van der Waals surface area contributed by atoms with Crippen LogP contribution in [0.2, 0.25) is 0 Å². The van der Waals surface area contributed by atoms with Crippen molar-refractivity contribution in [3.05, 3.63) is 0 Å². The summed E-state index contributed by atoms with van der Waals surface area (Å²) in [5, 5.41) is 6.54. The molecule has 19 heavy (non-hydrogen) atoms. The quantitative estimate of drug-likeness (QED) is 0.722. The van der Waals surface area contributed by atoms with Crippen molar-refractivity contribution < 1.29 is 4.79 Å². The van der Waals surface area contributed by atoms with E-state index in [-0.39, 0.29) is 11.4 Å². The first-order valence-electron chi connectivity index (χ1n) is 7.68. The molecule has 1 saturated heterocycles. The second-order valence-corrected chi connectivity index (χ2v) is 6.53. The molecular weight excluding hydrogens is 238 g/mol. The van der Waals surface area contributed by atoms with Gasteiger partial charge in [-0.05, 0) is 27.2 Å². The summed E-state index contributed by atoms with van der Waals surface area (Å²) in [5.41, 5.74) is 0.214. The summed E-state index contributed by atoms with van der Waals surface area (Å²) in [6.07, 6.45) is 3.99. The van der Waals surface area contributed by atoms with E-state index in [2.05, 4.69) is 43.2 Å². The molecule has 112 valence electrons. The average Bonchev–Trinajstić information content (AvgIpc) is 2.36. The maximum atomic E-state index is 11.7. The van der Waals surface area contributed by atoms with Crippen molar-refractivity contribution in [3.8, 4) is 0 Å². The molecule has 0 saturated carbocycles. The van der Waals surface area contributed by atoms with Gasteiger partial charge in [-0.25, -0.2) is 0 Å². The van der Waals surface area contributed by atoms with Gasteiger partial charge in [0.1, 0.15) is 0 Å². The van der Waals surface area contributed by atoms with Gasteiger partial charge in [0, 0.05) is 44.2 Å². The summed E-state index contributed by atoms with van der Waals surface area (Å²) in [5.74, 6) is 0.197. The summed E-state index contributed by atoms with van der Waals surface area (Å²) in [7, 11) is 0. The van der Waals surface area contributed by atoms with Gasteiger partial charge in [0.2, 0.25) is 5.91 Å². The number of nitrogens with zero attached hydrogens (tertiary/aromatic N) is 1. The lowest BCUT2D eigenvalue weighted by atomic mass is 10.0. The molecule has 1 aliphatic rings. The summed E-state index contributed by atoms with van der Waals surface area (Å²) in [4.78, 5) is 14.2. The fourth-order valence-corrected chi connectivity index (χ4v) is 2.43. The number of hydrogen-bond donors (Lipinski definition) is 2. The van der Waals surface area contributed by atoms with E-state index in [1.54, 1.807) is 0 Å². The Bertz CT molecular complexity index is 273. The van der Waals surface area contributed by atoms with Crippen LogP contribution in [0.3, 0.4) is 0 Å². The molecule has 0 spiro atoms. The van der Waals surface area contributed by atoms with Gasteiger partial charge in [-0.1, -0.05) is 19.8 Å². The van der Waals surface area contributed by atoms with Gasteiger partial charge in [0.15, 0.2) is 0 Å². The molecule has 0 bridgehead atoms. The molecule has 1 aliphatic heterocycles. The summed E-state index contributed by atoms with van der Waals surface area (Å²) >= 11 is 0. The second kappa shape index (κ2) is 7.85. The van der Waals surface area contributed by atoms with Crippen LogP contribution in [0.25, 0.3) is 0 Å². The van der Waals surface area contributed by atoms with E-state index in [1.807, 2.05) is 0 Å². The highest BCUT2D eigenvalue weighted by Crippen LogP contribution is 2.14. The van der Waals surface area contributed by atoms with Crippen molar-refractivity contribution in [1.82, 2.24) is 15.5 Å². The Kier molecular flexibility index (Phi) is 6.80. The van der Waals surface area contributed by atoms with Crippen molar-refractivity contribution in [2.75, 3.05) is 26.2 Å². The van der Waals surface area contributed by atoms with Gasteiger partial charge in [-0.15, -0.1) is 0 Å². The zero-order chi connectivity index (χ0) is 14.3. The van der Waals surface area contributed by atoms with Gasteiger partial charge < -0.3 is 10.6 Å². The smallest absolute Gasteiger partial charge is 0.220 e. The fourth-order valence-electron chi connectivity index (χ4n) is 2.43. The van der Waals surface area contributed by atoms with Crippen LogP contribution < -0.4 is 10.6 Å². The van der Waals surface area contributed by atoms with E-state index in [1.165, 1.54) is 0 Å². The van der Waals surface area contributed by atoms with Crippen LogP contribution in [0.15, 0.2) is 0 Å². The normalized spacial score (nSPS) is 21.4. The maximum Gasteiger partial charge on any atom is 0.220 e. The monoisotopic (exact) mass is 269 g/mol. The lowest BCUT2D eigenvalue weighted by Gasteiger charge is -2.42. The molecule has 2 N–H and O–H groups in total. The van der Waals surface area contributed by atoms with Crippen LogP contribution in [0, 0.1) is 0 Å². The number of piperazine rings is 1. The van der Waals surface area contributed by atoms with Crippen molar-refractivity contribution in [2.24, 2.45) is 0 Å². The molecule has 4 heteroatoms. The lowest BCUT2D eigenvalue weighted by Crippen LogP contribution is -2.59. The van der Waals surface area contributed by atoms with E-state index >= 15 is 0 Å². The molecule has 4 nitrogen and oxygen atoms in total. The number of carbonyl (C=O) groups is 1. The highest BCUT2D eigenvalue weighted by Gasteiger charge is 2.27. The van der Waals surface area contributed by atoms with Crippen LogP contribution in [0.1, 0.15) is 53.4 Å². The molecule has 0 radical (unpaired) electrons. The molecule has 1 rings (SSSR count). The Morgan fingerprint density at radius 1 is 1.37 bits per heavy atom. The summed E-state index contributed by atoms with van der Waals surface area (Å²) in [6.45, 7) is 12.8. The highest BCUT2D eigenvalue weighted by molar-refractivity contribution is 5.75. The fraction of sp³-hybridized carbons (Fsp3) is 0.933. The number of carbonyl (C=O) groups excluding carboxylic acids is 1.